The number of aromatic nitrogens is 1. The molecule has 16 heavy (non-hydrogen) atoms. The summed E-state index contributed by atoms with van der Waals surface area (Å²) in [5, 5.41) is 1.08. The Balaban J connectivity index is 2.46. The third-order valence-corrected chi connectivity index (χ3v) is 2.61. The molecule has 2 nitrogen and oxygen atoms in total. The summed E-state index contributed by atoms with van der Waals surface area (Å²) in [5.74, 6) is 0.130. The predicted octanol–water partition coefficient (Wildman–Crippen LogP) is 3.53. The zero-order valence-electron chi connectivity index (χ0n) is 9.66. The van der Waals surface area contributed by atoms with E-state index in [2.05, 4.69) is 11.1 Å². The number of benzene rings is 1. The van der Waals surface area contributed by atoms with Gasteiger partial charge in [0.15, 0.2) is 5.78 Å². The fraction of sp³-hybridized carbons (Fsp3) is 0.286. The van der Waals surface area contributed by atoms with Crippen molar-refractivity contribution in [2.75, 3.05) is 0 Å². The summed E-state index contributed by atoms with van der Waals surface area (Å²) in [6, 6.07) is 9.88. The molecule has 0 radical (unpaired) electrons. The van der Waals surface area contributed by atoms with Gasteiger partial charge in [-0.3, -0.25) is 4.79 Å². The van der Waals surface area contributed by atoms with Gasteiger partial charge in [-0.2, -0.15) is 0 Å². The SMILES string of the molecule is CCCC(=O)c1ccc2ccc(C)cc2n1. The molecule has 0 aliphatic heterocycles. The molecular weight excluding hydrogens is 198 g/mol. The minimum Gasteiger partial charge on any atom is -0.292 e. The Morgan fingerprint density at radius 2 is 2.00 bits per heavy atom. The van der Waals surface area contributed by atoms with Crippen molar-refractivity contribution in [2.45, 2.75) is 26.7 Å². The number of Topliss-reactive ketones (excluding diaryl/α,β-unsaturated/α-hetero) is 1. The van der Waals surface area contributed by atoms with Crippen LogP contribution in [0, 0.1) is 6.92 Å². The molecule has 0 aliphatic carbocycles. The Hall–Kier alpha value is -1.70. The predicted molar refractivity (Wildman–Crippen MR) is 65.7 cm³/mol. The first-order chi connectivity index (χ1) is 7.70. The molecule has 0 saturated carbocycles. The number of hydrogen-bond donors (Lipinski definition) is 0. The smallest absolute Gasteiger partial charge is 0.181 e. The summed E-state index contributed by atoms with van der Waals surface area (Å²) in [5.41, 5.74) is 2.65. The molecule has 0 unspecified atom stereocenters. The highest BCUT2D eigenvalue weighted by molar-refractivity contribution is 5.96. The molecule has 0 N–H and O–H groups in total. The third kappa shape index (κ3) is 2.11. The summed E-state index contributed by atoms with van der Waals surface area (Å²) < 4.78 is 0. The van der Waals surface area contributed by atoms with E-state index in [0.29, 0.717) is 12.1 Å². The average Bonchev–Trinajstić information content (AvgIpc) is 2.28. The summed E-state index contributed by atoms with van der Waals surface area (Å²) in [7, 11) is 0. The van der Waals surface area contributed by atoms with Crippen LogP contribution in [0.15, 0.2) is 30.3 Å². The molecule has 2 aromatic rings. The van der Waals surface area contributed by atoms with E-state index >= 15 is 0 Å². The Bertz CT molecular complexity index is 531. The van der Waals surface area contributed by atoms with Crippen LogP contribution in [0.1, 0.15) is 35.8 Å². The topological polar surface area (TPSA) is 30.0 Å². The monoisotopic (exact) mass is 213 g/mol. The van der Waals surface area contributed by atoms with Gasteiger partial charge in [0.05, 0.1) is 5.52 Å². The highest BCUT2D eigenvalue weighted by Crippen LogP contribution is 2.15. The molecule has 0 saturated heterocycles. The second kappa shape index (κ2) is 4.44. The van der Waals surface area contributed by atoms with Crippen molar-refractivity contribution >= 4 is 16.7 Å². The van der Waals surface area contributed by atoms with Crippen LogP contribution in [0.3, 0.4) is 0 Å². The first kappa shape index (κ1) is 10.8. The maximum Gasteiger partial charge on any atom is 0.181 e. The van der Waals surface area contributed by atoms with Gasteiger partial charge in [-0.25, -0.2) is 4.98 Å². The standard InChI is InChI=1S/C14H15NO/c1-3-4-14(16)12-8-7-11-6-5-10(2)9-13(11)15-12/h5-9H,3-4H2,1-2H3. The molecule has 2 rings (SSSR count). The summed E-state index contributed by atoms with van der Waals surface area (Å²) in [6.45, 7) is 4.03. The molecule has 0 bridgehead atoms. The number of aryl methyl sites for hydroxylation is 1. The Kier molecular flexibility index (Phi) is 3.00. The summed E-state index contributed by atoms with van der Waals surface area (Å²) in [4.78, 5) is 16.1. The van der Waals surface area contributed by atoms with Gasteiger partial charge in [0.2, 0.25) is 0 Å². The van der Waals surface area contributed by atoms with Crippen LogP contribution in [0.2, 0.25) is 0 Å². The highest BCUT2D eigenvalue weighted by atomic mass is 16.1. The van der Waals surface area contributed by atoms with E-state index in [4.69, 9.17) is 0 Å². The lowest BCUT2D eigenvalue weighted by Gasteiger charge is -2.02. The fourth-order valence-electron chi connectivity index (χ4n) is 1.74. The molecule has 2 heteroatoms. The van der Waals surface area contributed by atoms with Crippen molar-refractivity contribution in [3.05, 3.63) is 41.6 Å². The van der Waals surface area contributed by atoms with Gasteiger partial charge in [0, 0.05) is 11.8 Å². The van der Waals surface area contributed by atoms with Crippen LogP contribution >= 0.6 is 0 Å². The van der Waals surface area contributed by atoms with Crippen LogP contribution in [0.25, 0.3) is 10.9 Å². The van der Waals surface area contributed by atoms with Gasteiger partial charge in [-0.05, 0) is 31.0 Å². The number of fused-ring (bicyclic) bond motifs is 1. The van der Waals surface area contributed by atoms with Gasteiger partial charge in [0.25, 0.3) is 0 Å². The maximum atomic E-state index is 11.7. The van der Waals surface area contributed by atoms with Crippen molar-refractivity contribution in [3.8, 4) is 0 Å². The van der Waals surface area contributed by atoms with Gasteiger partial charge >= 0.3 is 0 Å². The Morgan fingerprint density at radius 1 is 1.25 bits per heavy atom. The van der Waals surface area contributed by atoms with Gasteiger partial charge in [0.1, 0.15) is 5.69 Å². The zero-order valence-corrected chi connectivity index (χ0v) is 9.66. The maximum absolute atomic E-state index is 11.7. The number of carbonyl (C=O) groups is 1. The van der Waals surface area contributed by atoms with E-state index < -0.39 is 0 Å². The lowest BCUT2D eigenvalue weighted by molar-refractivity contribution is 0.0977. The van der Waals surface area contributed by atoms with Crippen molar-refractivity contribution in [2.24, 2.45) is 0 Å². The molecule has 0 aliphatic rings. The molecule has 1 aromatic heterocycles. The molecule has 1 heterocycles. The number of pyridine rings is 1. The Labute approximate surface area is 95.3 Å². The van der Waals surface area contributed by atoms with Crippen molar-refractivity contribution in [1.29, 1.82) is 0 Å². The van der Waals surface area contributed by atoms with Crippen LogP contribution in [-0.4, -0.2) is 10.8 Å². The molecular formula is C14H15NO. The second-order valence-electron chi connectivity index (χ2n) is 4.07. The van der Waals surface area contributed by atoms with Crippen LogP contribution in [0.5, 0.6) is 0 Å². The molecule has 0 spiro atoms. The van der Waals surface area contributed by atoms with Gasteiger partial charge < -0.3 is 0 Å². The average molecular weight is 213 g/mol. The number of carbonyl (C=O) groups excluding carboxylic acids is 1. The van der Waals surface area contributed by atoms with E-state index in [1.807, 2.05) is 38.1 Å². The van der Waals surface area contributed by atoms with Crippen LogP contribution in [0.4, 0.5) is 0 Å². The van der Waals surface area contributed by atoms with Crippen LogP contribution < -0.4 is 0 Å². The highest BCUT2D eigenvalue weighted by Gasteiger charge is 2.06. The van der Waals surface area contributed by atoms with E-state index in [-0.39, 0.29) is 5.78 Å². The van der Waals surface area contributed by atoms with E-state index in [9.17, 15) is 4.79 Å². The van der Waals surface area contributed by atoms with Gasteiger partial charge in [-0.1, -0.05) is 25.1 Å². The minimum atomic E-state index is 0.130. The lowest BCUT2D eigenvalue weighted by Crippen LogP contribution is -2.01. The van der Waals surface area contributed by atoms with Crippen molar-refractivity contribution in [1.82, 2.24) is 4.98 Å². The number of rotatable bonds is 3. The first-order valence-corrected chi connectivity index (χ1v) is 5.61. The molecule has 1 aromatic carbocycles. The van der Waals surface area contributed by atoms with E-state index in [0.717, 1.165) is 17.3 Å². The second-order valence-corrected chi connectivity index (χ2v) is 4.07. The van der Waals surface area contributed by atoms with E-state index in [1.165, 1.54) is 5.56 Å². The molecule has 82 valence electrons. The fourth-order valence-corrected chi connectivity index (χ4v) is 1.74. The minimum absolute atomic E-state index is 0.130. The van der Waals surface area contributed by atoms with Crippen LogP contribution in [-0.2, 0) is 0 Å². The Morgan fingerprint density at radius 3 is 2.75 bits per heavy atom. The lowest BCUT2D eigenvalue weighted by atomic mass is 10.1. The molecule has 0 fully saturated rings. The van der Waals surface area contributed by atoms with Crippen molar-refractivity contribution < 1.29 is 4.79 Å². The number of nitrogens with zero attached hydrogens (tertiary/aromatic N) is 1. The number of ketones is 1. The number of hydrogen-bond acceptors (Lipinski definition) is 2. The largest absolute Gasteiger partial charge is 0.292 e. The summed E-state index contributed by atoms with van der Waals surface area (Å²) >= 11 is 0. The normalized spacial score (nSPS) is 10.6. The van der Waals surface area contributed by atoms with E-state index in [1.54, 1.807) is 0 Å². The third-order valence-electron chi connectivity index (χ3n) is 2.61. The zero-order chi connectivity index (χ0) is 11.5. The molecule has 0 atom stereocenters. The van der Waals surface area contributed by atoms with Crippen molar-refractivity contribution in [3.63, 3.8) is 0 Å². The summed E-state index contributed by atoms with van der Waals surface area (Å²) in [6.07, 6.45) is 1.44. The quantitative estimate of drug-likeness (QED) is 0.730. The van der Waals surface area contributed by atoms with Gasteiger partial charge in [-0.15, -0.1) is 0 Å². The molecule has 0 amide bonds. The first-order valence-electron chi connectivity index (χ1n) is 5.61.